The lowest BCUT2D eigenvalue weighted by molar-refractivity contribution is -0.133. The standard InChI is InChI=1S/C16H20N4O3/c1-22-12-5-6-15(23-2)13(8-12)14-4-3-7-20(14)16(21)9-19-11-17-10-18-19/h5-6,8,10-11,14H,3-4,7,9H2,1-2H3/t14-/m1/s1. The number of carbonyl (C=O) groups excluding carboxylic acids is 1. The van der Waals surface area contributed by atoms with Gasteiger partial charge in [-0.05, 0) is 31.0 Å². The van der Waals surface area contributed by atoms with Crippen LogP contribution in [0.3, 0.4) is 0 Å². The number of nitrogens with zero attached hydrogens (tertiary/aromatic N) is 4. The number of ether oxygens (including phenoxy) is 2. The van der Waals surface area contributed by atoms with Gasteiger partial charge in [0, 0.05) is 12.1 Å². The van der Waals surface area contributed by atoms with Gasteiger partial charge in [-0.2, -0.15) is 5.10 Å². The molecule has 0 bridgehead atoms. The van der Waals surface area contributed by atoms with Crippen molar-refractivity contribution in [1.29, 1.82) is 0 Å². The van der Waals surface area contributed by atoms with Crippen molar-refractivity contribution in [2.75, 3.05) is 20.8 Å². The molecule has 2 aromatic rings. The second-order valence-electron chi connectivity index (χ2n) is 5.45. The maximum atomic E-state index is 12.6. The topological polar surface area (TPSA) is 69.5 Å². The van der Waals surface area contributed by atoms with Crippen LogP contribution in [0.15, 0.2) is 30.9 Å². The number of rotatable bonds is 5. The Hall–Kier alpha value is -2.57. The lowest BCUT2D eigenvalue weighted by atomic mass is 10.0. The maximum absolute atomic E-state index is 12.6. The smallest absolute Gasteiger partial charge is 0.244 e. The van der Waals surface area contributed by atoms with Crippen molar-refractivity contribution in [3.8, 4) is 11.5 Å². The zero-order valence-corrected chi connectivity index (χ0v) is 13.3. The SMILES string of the molecule is COc1ccc(OC)c([C@H]2CCCN2C(=O)Cn2cncn2)c1. The number of hydrogen-bond acceptors (Lipinski definition) is 5. The van der Waals surface area contributed by atoms with E-state index in [1.54, 1.807) is 25.2 Å². The quantitative estimate of drug-likeness (QED) is 0.839. The summed E-state index contributed by atoms with van der Waals surface area (Å²) < 4.78 is 12.3. The third kappa shape index (κ3) is 3.13. The van der Waals surface area contributed by atoms with Crippen LogP contribution in [0.2, 0.25) is 0 Å². The predicted octanol–water partition coefficient (Wildman–Crippen LogP) is 1.66. The largest absolute Gasteiger partial charge is 0.497 e. The number of hydrogen-bond donors (Lipinski definition) is 0. The molecular weight excluding hydrogens is 296 g/mol. The normalized spacial score (nSPS) is 17.3. The molecule has 0 radical (unpaired) electrons. The molecule has 0 unspecified atom stereocenters. The van der Waals surface area contributed by atoms with Crippen LogP contribution in [0.25, 0.3) is 0 Å². The highest BCUT2D eigenvalue weighted by Gasteiger charge is 2.32. The Morgan fingerprint density at radius 3 is 2.91 bits per heavy atom. The Morgan fingerprint density at radius 2 is 2.22 bits per heavy atom. The fourth-order valence-corrected chi connectivity index (χ4v) is 3.03. The van der Waals surface area contributed by atoms with E-state index in [4.69, 9.17) is 9.47 Å². The summed E-state index contributed by atoms with van der Waals surface area (Å²) in [5.74, 6) is 1.57. The molecule has 0 aliphatic carbocycles. The summed E-state index contributed by atoms with van der Waals surface area (Å²) in [6, 6.07) is 5.69. The zero-order valence-electron chi connectivity index (χ0n) is 13.3. The second kappa shape index (κ2) is 6.68. The van der Waals surface area contributed by atoms with E-state index in [-0.39, 0.29) is 18.5 Å². The molecule has 1 aromatic heterocycles. The van der Waals surface area contributed by atoms with Crippen molar-refractivity contribution >= 4 is 5.91 Å². The van der Waals surface area contributed by atoms with Gasteiger partial charge < -0.3 is 14.4 Å². The monoisotopic (exact) mass is 316 g/mol. The van der Waals surface area contributed by atoms with Gasteiger partial charge in [0.15, 0.2) is 0 Å². The highest BCUT2D eigenvalue weighted by Crippen LogP contribution is 2.38. The van der Waals surface area contributed by atoms with Gasteiger partial charge >= 0.3 is 0 Å². The van der Waals surface area contributed by atoms with Crippen LogP contribution in [-0.4, -0.2) is 46.3 Å². The van der Waals surface area contributed by atoms with E-state index in [9.17, 15) is 4.79 Å². The van der Waals surface area contributed by atoms with E-state index >= 15 is 0 Å². The minimum atomic E-state index is -0.00364. The summed E-state index contributed by atoms with van der Waals surface area (Å²) in [5, 5.41) is 4.00. The molecule has 1 amide bonds. The van der Waals surface area contributed by atoms with Crippen LogP contribution in [0.4, 0.5) is 0 Å². The first kappa shape index (κ1) is 15.3. The molecule has 2 heterocycles. The Bertz CT molecular complexity index is 672. The van der Waals surface area contributed by atoms with Gasteiger partial charge in [0.1, 0.15) is 30.7 Å². The lowest BCUT2D eigenvalue weighted by Crippen LogP contribution is -2.33. The van der Waals surface area contributed by atoms with Crippen LogP contribution in [-0.2, 0) is 11.3 Å². The maximum Gasteiger partial charge on any atom is 0.244 e. The van der Waals surface area contributed by atoms with Crippen LogP contribution < -0.4 is 9.47 Å². The summed E-state index contributed by atoms with van der Waals surface area (Å²) >= 11 is 0. The molecular formula is C16H20N4O3. The molecule has 23 heavy (non-hydrogen) atoms. The second-order valence-corrected chi connectivity index (χ2v) is 5.45. The van der Waals surface area contributed by atoms with Crippen molar-refractivity contribution in [2.24, 2.45) is 0 Å². The molecule has 1 saturated heterocycles. The molecule has 122 valence electrons. The molecule has 7 nitrogen and oxygen atoms in total. The zero-order chi connectivity index (χ0) is 16.2. The molecule has 1 fully saturated rings. The van der Waals surface area contributed by atoms with Crippen LogP contribution in [0.1, 0.15) is 24.4 Å². The lowest BCUT2D eigenvalue weighted by Gasteiger charge is -2.26. The first-order valence-electron chi connectivity index (χ1n) is 7.56. The van der Waals surface area contributed by atoms with Crippen molar-refractivity contribution in [3.05, 3.63) is 36.4 Å². The number of likely N-dealkylation sites (tertiary alicyclic amines) is 1. The molecule has 1 atom stereocenters. The number of carbonyl (C=O) groups is 1. The Kier molecular flexibility index (Phi) is 4.45. The van der Waals surface area contributed by atoms with Crippen molar-refractivity contribution in [1.82, 2.24) is 19.7 Å². The van der Waals surface area contributed by atoms with E-state index in [1.807, 2.05) is 23.1 Å². The van der Waals surface area contributed by atoms with E-state index in [0.29, 0.717) is 0 Å². The van der Waals surface area contributed by atoms with E-state index < -0.39 is 0 Å². The summed E-state index contributed by atoms with van der Waals surface area (Å²) in [7, 11) is 3.27. The van der Waals surface area contributed by atoms with Gasteiger partial charge in [0.05, 0.1) is 20.3 Å². The van der Waals surface area contributed by atoms with Crippen molar-refractivity contribution in [2.45, 2.75) is 25.4 Å². The number of methoxy groups -OCH3 is 2. The fraction of sp³-hybridized carbons (Fsp3) is 0.438. The summed E-state index contributed by atoms with van der Waals surface area (Å²) in [6.45, 7) is 0.932. The van der Waals surface area contributed by atoms with Gasteiger partial charge in [0.2, 0.25) is 5.91 Å². The van der Waals surface area contributed by atoms with Crippen molar-refractivity contribution in [3.63, 3.8) is 0 Å². The van der Waals surface area contributed by atoms with Gasteiger partial charge in [-0.3, -0.25) is 4.79 Å². The van der Waals surface area contributed by atoms with E-state index in [0.717, 1.165) is 36.4 Å². The number of aromatic nitrogens is 3. The summed E-state index contributed by atoms with van der Waals surface area (Å²) in [4.78, 5) is 18.4. The highest BCUT2D eigenvalue weighted by atomic mass is 16.5. The predicted molar refractivity (Wildman–Crippen MR) is 83.3 cm³/mol. The molecule has 0 saturated carbocycles. The van der Waals surface area contributed by atoms with Gasteiger partial charge in [-0.25, -0.2) is 9.67 Å². The summed E-state index contributed by atoms with van der Waals surface area (Å²) in [5.41, 5.74) is 0.983. The highest BCUT2D eigenvalue weighted by molar-refractivity contribution is 5.77. The van der Waals surface area contributed by atoms with Gasteiger partial charge in [0.25, 0.3) is 0 Å². The molecule has 0 spiro atoms. The van der Waals surface area contributed by atoms with Gasteiger partial charge in [-0.15, -0.1) is 0 Å². The molecule has 1 aliphatic rings. The first-order valence-corrected chi connectivity index (χ1v) is 7.56. The van der Waals surface area contributed by atoms with E-state index in [2.05, 4.69) is 10.1 Å². The molecule has 1 aliphatic heterocycles. The number of amides is 1. The van der Waals surface area contributed by atoms with Gasteiger partial charge in [-0.1, -0.05) is 0 Å². The Morgan fingerprint density at radius 1 is 1.35 bits per heavy atom. The third-order valence-corrected chi connectivity index (χ3v) is 4.13. The van der Waals surface area contributed by atoms with Crippen LogP contribution in [0.5, 0.6) is 11.5 Å². The average molecular weight is 316 g/mol. The van der Waals surface area contributed by atoms with Crippen molar-refractivity contribution < 1.29 is 14.3 Å². The fourth-order valence-electron chi connectivity index (χ4n) is 3.03. The minimum Gasteiger partial charge on any atom is -0.497 e. The minimum absolute atomic E-state index is 0.00364. The average Bonchev–Trinajstić information content (AvgIpc) is 3.25. The molecule has 3 rings (SSSR count). The molecule has 1 aromatic carbocycles. The molecule has 7 heteroatoms. The van der Waals surface area contributed by atoms with Crippen LogP contribution >= 0.6 is 0 Å². The first-order chi connectivity index (χ1) is 11.2. The third-order valence-electron chi connectivity index (χ3n) is 4.13. The van der Waals surface area contributed by atoms with E-state index in [1.165, 1.54) is 6.33 Å². The number of benzene rings is 1. The Labute approximate surface area is 134 Å². The Balaban J connectivity index is 1.85. The summed E-state index contributed by atoms with van der Waals surface area (Å²) in [6.07, 6.45) is 4.86. The van der Waals surface area contributed by atoms with Crippen LogP contribution in [0, 0.1) is 0 Å². The molecule has 0 N–H and O–H groups in total.